The maximum atomic E-state index is 11.1. The molecule has 6 heteroatoms. The maximum absolute atomic E-state index is 11.1. The number of urea groups is 1. The number of rotatable bonds is 4. The Hall–Kier alpha value is -1.56. The molecule has 2 amide bonds. The number of carbonyl (C=O) groups is 2. The first-order valence-corrected chi connectivity index (χ1v) is 4.73. The highest BCUT2D eigenvalue weighted by atomic mass is 16.7. The van der Waals surface area contributed by atoms with E-state index in [0.29, 0.717) is 0 Å². The molecule has 0 aliphatic heterocycles. The van der Waals surface area contributed by atoms with E-state index in [1.54, 1.807) is 0 Å². The number of aliphatic carboxylic acids is 1. The smallest absolute Gasteiger partial charge is 0.338 e. The molecule has 0 heterocycles. The Balaban J connectivity index is 2.12. The van der Waals surface area contributed by atoms with Crippen molar-refractivity contribution in [2.24, 2.45) is 0 Å². The molecule has 1 aliphatic rings. The van der Waals surface area contributed by atoms with Crippen molar-refractivity contribution in [1.82, 2.24) is 10.8 Å². The quantitative estimate of drug-likeness (QED) is 0.467. The Morgan fingerprint density at radius 1 is 1.47 bits per heavy atom. The Kier molecular flexibility index (Phi) is 4.62. The second kappa shape index (κ2) is 6.02. The lowest BCUT2D eigenvalue weighted by Crippen LogP contribution is -2.42. The molecule has 0 radical (unpaired) electrons. The van der Waals surface area contributed by atoms with Crippen molar-refractivity contribution in [3.8, 4) is 0 Å². The highest BCUT2D eigenvalue weighted by Gasteiger charge is 2.12. The second-order valence-corrected chi connectivity index (χ2v) is 3.24. The van der Waals surface area contributed by atoms with Crippen molar-refractivity contribution in [2.45, 2.75) is 25.3 Å². The van der Waals surface area contributed by atoms with Crippen LogP contribution < -0.4 is 10.8 Å². The Morgan fingerprint density at radius 2 is 2.27 bits per heavy atom. The number of amides is 2. The van der Waals surface area contributed by atoms with Crippen LogP contribution >= 0.6 is 0 Å². The van der Waals surface area contributed by atoms with Gasteiger partial charge in [-0.3, -0.25) is 4.84 Å². The van der Waals surface area contributed by atoms with Crippen LogP contribution in [0, 0.1) is 0 Å². The van der Waals surface area contributed by atoms with Gasteiger partial charge in [0, 0.05) is 6.04 Å². The van der Waals surface area contributed by atoms with Gasteiger partial charge in [0.05, 0.1) is 0 Å². The van der Waals surface area contributed by atoms with E-state index in [-0.39, 0.29) is 6.04 Å². The minimum Gasteiger partial charge on any atom is -0.479 e. The van der Waals surface area contributed by atoms with Crippen molar-refractivity contribution in [3.63, 3.8) is 0 Å². The first kappa shape index (κ1) is 11.5. The lowest BCUT2D eigenvalue weighted by Gasteiger charge is -2.19. The summed E-state index contributed by atoms with van der Waals surface area (Å²) in [7, 11) is 0. The van der Waals surface area contributed by atoms with E-state index in [4.69, 9.17) is 5.11 Å². The molecule has 0 bridgehead atoms. The Bertz CT molecular complexity index is 265. The van der Waals surface area contributed by atoms with Crippen LogP contribution in [0.25, 0.3) is 0 Å². The van der Waals surface area contributed by atoms with Crippen LogP contribution in [0.3, 0.4) is 0 Å². The molecule has 0 aromatic carbocycles. The van der Waals surface area contributed by atoms with Crippen molar-refractivity contribution in [1.29, 1.82) is 0 Å². The van der Waals surface area contributed by atoms with Crippen LogP contribution in [-0.2, 0) is 9.63 Å². The van der Waals surface area contributed by atoms with Gasteiger partial charge < -0.3 is 10.4 Å². The SMILES string of the molecule is O=C(O)CONC(=O)NC1CC=CCC1. The number of hydrogen-bond donors (Lipinski definition) is 3. The van der Waals surface area contributed by atoms with Gasteiger partial charge in [0.2, 0.25) is 0 Å². The van der Waals surface area contributed by atoms with Crippen molar-refractivity contribution < 1.29 is 19.5 Å². The highest BCUT2D eigenvalue weighted by Crippen LogP contribution is 2.09. The average molecular weight is 214 g/mol. The van der Waals surface area contributed by atoms with E-state index in [9.17, 15) is 9.59 Å². The summed E-state index contributed by atoms with van der Waals surface area (Å²) in [6.07, 6.45) is 6.71. The van der Waals surface area contributed by atoms with Crippen LogP contribution in [0.2, 0.25) is 0 Å². The Labute approximate surface area is 87.2 Å². The minimum atomic E-state index is -1.13. The number of carbonyl (C=O) groups excluding carboxylic acids is 1. The number of carboxylic acids is 1. The molecule has 15 heavy (non-hydrogen) atoms. The van der Waals surface area contributed by atoms with E-state index in [0.717, 1.165) is 19.3 Å². The van der Waals surface area contributed by atoms with Gasteiger partial charge in [0.15, 0.2) is 6.61 Å². The van der Waals surface area contributed by atoms with Crippen LogP contribution in [0.5, 0.6) is 0 Å². The van der Waals surface area contributed by atoms with Crippen molar-refractivity contribution >= 4 is 12.0 Å². The zero-order chi connectivity index (χ0) is 11.1. The lowest BCUT2D eigenvalue weighted by atomic mass is 10.0. The Morgan fingerprint density at radius 3 is 2.87 bits per heavy atom. The summed E-state index contributed by atoms with van der Waals surface area (Å²) >= 11 is 0. The standard InChI is InChI=1S/C9H14N2O4/c12-8(13)6-15-11-9(14)10-7-4-2-1-3-5-7/h1-2,7H,3-6H2,(H,12,13)(H2,10,11,14). The van der Waals surface area contributed by atoms with Crippen molar-refractivity contribution in [2.75, 3.05) is 6.61 Å². The van der Waals surface area contributed by atoms with Gasteiger partial charge in [-0.15, -0.1) is 0 Å². The largest absolute Gasteiger partial charge is 0.479 e. The molecule has 0 fully saturated rings. The third kappa shape index (κ3) is 5.02. The average Bonchev–Trinajstić information content (AvgIpc) is 2.18. The third-order valence-corrected chi connectivity index (χ3v) is 1.96. The van der Waals surface area contributed by atoms with E-state index in [1.165, 1.54) is 0 Å². The predicted molar refractivity (Wildman–Crippen MR) is 52.0 cm³/mol. The molecular weight excluding hydrogens is 200 g/mol. The fourth-order valence-corrected chi connectivity index (χ4v) is 1.30. The number of hydroxylamine groups is 1. The molecule has 0 spiro atoms. The number of hydrogen-bond acceptors (Lipinski definition) is 3. The zero-order valence-corrected chi connectivity index (χ0v) is 8.23. The van der Waals surface area contributed by atoms with Crippen LogP contribution in [-0.4, -0.2) is 29.8 Å². The van der Waals surface area contributed by atoms with Crippen LogP contribution in [0.4, 0.5) is 4.79 Å². The van der Waals surface area contributed by atoms with Gasteiger partial charge in [-0.2, -0.15) is 0 Å². The number of nitrogens with one attached hydrogen (secondary N) is 2. The first-order chi connectivity index (χ1) is 7.18. The lowest BCUT2D eigenvalue weighted by molar-refractivity contribution is -0.144. The summed E-state index contributed by atoms with van der Waals surface area (Å²) < 4.78 is 0. The summed E-state index contributed by atoms with van der Waals surface area (Å²) in [5.41, 5.74) is 2.01. The van der Waals surface area contributed by atoms with Gasteiger partial charge >= 0.3 is 12.0 Å². The molecule has 84 valence electrons. The monoisotopic (exact) mass is 214 g/mol. The molecule has 0 saturated carbocycles. The molecule has 0 aromatic heterocycles. The molecular formula is C9H14N2O4. The van der Waals surface area contributed by atoms with Gasteiger partial charge in [0.1, 0.15) is 0 Å². The highest BCUT2D eigenvalue weighted by molar-refractivity contribution is 5.73. The minimum absolute atomic E-state index is 0.100. The van der Waals surface area contributed by atoms with Crippen LogP contribution in [0.15, 0.2) is 12.2 Å². The fourth-order valence-electron chi connectivity index (χ4n) is 1.30. The predicted octanol–water partition coefficient (Wildman–Crippen LogP) is 0.411. The molecule has 1 atom stereocenters. The summed E-state index contributed by atoms with van der Waals surface area (Å²) in [6.45, 7) is -0.544. The number of carboxylic acid groups (broad SMARTS) is 1. The van der Waals surface area contributed by atoms with E-state index in [1.807, 2.05) is 11.6 Å². The maximum Gasteiger partial charge on any atom is 0.338 e. The summed E-state index contributed by atoms with van der Waals surface area (Å²) in [6, 6.07) is -0.403. The fraction of sp³-hybridized carbons (Fsp3) is 0.556. The normalized spacial score (nSPS) is 19.6. The molecule has 1 unspecified atom stereocenters. The molecule has 0 saturated heterocycles. The van der Waals surface area contributed by atoms with Gasteiger partial charge in [-0.1, -0.05) is 12.2 Å². The summed E-state index contributed by atoms with van der Waals surface area (Å²) in [5.74, 6) is -1.13. The first-order valence-electron chi connectivity index (χ1n) is 4.73. The third-order valence-electron chi connectivity index (χ3n) is 1.96. The van der Waals surface area contributed by atoms with Crippen LogP contribution in [0.1, 0.15) is 19.3 Å². The van der Waals surface area contributed by atoms with E-state index < -0.39 is 18.6 Å². The van der Waals surface area contributed by atoms with E-state index in [2.05, 4.69) is 16.2 Å². The topological polar surface area (TPSA) is 87.7 Å². The van der Waals surface area contributed by atoms with E-state index >= 15 is 0 Å². The zero-order valence-electron chi connectivity index (χ0n) is 8.23. The number of allylic oxidation sites excluding steroid dienone is 1. The molecule has 6 nitrogen and oxygen atoms in total. The molecule has 0 aromatic rings. The summed E-state index contributed by atoms with van der Waals surface area (Å²) in [5, 5.41) is 10.9. The summed E-state index contributed by atoms with van der Waals surface area (Å²) in [4.78, 5) is 25.6. The molecule has 1 aliphatic carbocycles. The van der Waals surface area contributed by atoms with Gasteiger partial charge in [-0.05, 0) is 19.3 Å². The van der Waals surface area contributed by atoms with Crippen molar-refractivity contribution in [3.05, 3.63) is 12.2 Å². The molecule has 1 rings (SSSR count). The second-order valence-electron chi connectivity index (χ2n) is 3.24. The van der Waals surface area contributed by atoms with Gasteiger partial charge in [0.25, 0.3) is 0 Å². The molecule has 3 N–H and O–H groups in total. The van der Waals surface area contributed by atoms with Gasteiger partial charge in [-0.25, -0.2) is 15.1 Å².